The number of amides is 1. The van der Waals surface area contributed by atoms with E-state index in [4.69, 9.17) is 0 Å². The second-order valence-electron chi connectivity index (χ2n) is 6.31. The first-order valence-corrected chi connectivity index (χ1v) is 9.08. The van der Waals surface area contributed by atoms with Crippen LogP contribution in [0.25, 0.3) is 10.2 Å². The van der Waals surface area contributed by atoms with Crippen LogP contribution < -0.4 is 10.2 Å². The minimum Gasteiger partial charge on any atom is -0.353 e. The van der Waals surface area contributed by atoms with Crippen LogP contribution >= 0.6 is 11.3 Å². The number of hydrogen-bond donors (Lipinski definition) is 1. The number of anilines is 1. The summed E-state index contributed by atoms with van der Waals surface area (Å²) in [5.41, 5.74) is 1.01. The van der Waals surface area contributed by atoms with Gasteiger partial charge in [0, 0.05) is 32.2 Å². The molecule has 0 bridgehead atoms. The van der Waals surface area contributed by atoms with Crippen LogP contribution in [0, 0.1) is 0 Å². The van der Waals surface area contributed by atoms with Gasteiger partial charge in [0.1, 0.15) is 12.1 Å². The molecular formula is C16H21N5OS. The van der Waals surface area contributed by atoms with E-state index in [0.717, 1.165) is 55.1 Å². The van der Waals surface area contributed by atoms with Crippen molar-refractivity contribution in [3.63, 3.8) is 0 Å². The van der Waals surface area contributed by atoms with Crippen LogP contribution in [-0.2, 0) is 4.79 Å². The van der Waals surface area contributed by atoms with Gasteiger partial charge in [0.15, 0.2) is 0 Å². The summed E-state index contributed by atoms with van der Waals surface area (Å²) in [5.74, 6) is 1.20. The SMILES string of the molecule is C[C@@H](C(=O)NC1CC1)N1CCN(c2ncnc3ccsc23)CC1. The molecule has 2 fully saturated rings. The molecule has 1 saturated carbocycles. The van der Waals surface area contributed by atoms with Gasteiger partial charge in [0.05, 0.1) is 16.3 Å². The van der Waals surface area contributed by atoms with Crippen LogP contribution in [0.2, 0.25) is 0 Å². The summed E-state index contributed by atoms with van der Waals surface area (Å²) in [6.07, 6.45) is 3.91. The van der Waals surface area contributed by atoms with Crippen molar-refractivity contribution >= 4 is 33.3 Å². The lowest BCUT2D eigenvalue weighted by Crippen LogP contribution is -2.54. The minimum atomic E-state index is -0.0510. The van der Waals surface area contributed by atoms with Gasteiger partial charge in [-0.05, 0) is 31.2 Å². The Balaban J connectivity index is 1.40. The van der Waals surface area contributed by atoms with Crippen LogP contribution in [0.15, 0.2) is 17.8 Å². The van der Waals surface area contributed by atoms with Crippen molar-refractivity contribution in [2.75, 3.05) is 31.1 Å². The molecule has 23 heavy (non-hydrogen) atoms. The van der Waals surface area contributed by atoms with Gasteiger partial charge in [-0.15, -0.1) is 11.3 Å². The zero-order valence-electron chi connectivity index (χ0n) is 13.2. The molecule has 0 aromatic carbocycles. The lowest BCUT2D eigenvalue weighted by atomic mass is 10.2. The fourth-order valence-electron chi connectivity index (χ4n) is 3.04. The minimum absolute atomic E-state index is 0.0510. The van der Waals surface area contributed by atoms with Gasteiger partial charge in [0.25, 0.3) is 0 Å². The highest BCUT2D eigenvalue weighted by molar-refractivity contribution is 7.17. The second-order valence-corrected chi connectivity index (χ2v) is 7.23. The third-order valence-electron chi connectivity index (χ3n) is 4.69. The molecule has 1 saturated heterocycles. The van der Waals surface area contributed by atoms with Crippen molar-refractivity contribution in [1.29, 1.82) is 0 Å². The van der Waals surface area contributed by atoms with Crippen molar-refractivity contribution < 1.29 is 4.79 Å². The molecule has 2 aromatic heterocycles. The molecule has 1 N–H and O–H groups in total. The third-order valence-corrected chi connectivity index (χ3v) is 5.59. The third kappa shape index (κ3) is 3.03. The van der Waals surface area contributed by atoms with Gasteiger partial charge in [-0.2, -0.15) is 0 Å². The summed E-state index contributed by atoms with van der Waals surface area (Å²) in [5, 5.41) is 5.16. The molecule has 1 atom stereocenters. The molecule has 2 aromatic rings. The molecule has 7 heteroatoms. The average Bonchev–Trinajstić information content (AvgIpc) is 3.26. The molecule has 1 amide bonds. The molecule has 4 rings (SSSR count). The van der Waals surface area contributed by atoms with E-state index in [-0.39, 0.29) is 11.9 Å². The zero-order valence-corrected chi connectivity index (χ0v) is 14.1. The van der Waals surface area contributed by atoms with Crippen molar-refractivity contribution in [1.82, 2.24) is 20.2 Å². The van der Waals surface area contributed by atoms with Crippen molar-refractivity contribution in [2.45, 2.75) is 31.8 Å². The number of hydrogen-bond acceptors (Lipinski definition) is 6. The Morgan fingerprint density at radius 2 is 2.09 bits per heavy atom. The number of nitrogens with zero attached hydrogens (tertiary/aromatic N) is 4. The van der Waals surface area contributed by atoms with Crippen LogP contribution in [0.5, 0.6) is 0 Å². The molecular weight excluding hydrogens is 310 g/mol. The van der Waals surface area contributed by atoms with E-state index in [0.29, 0.717) is 6.04 Å². The molecule has 1 aliphatic heterocycles. The highest BCUT2D eigenvalue weighted by Crippen LogP contribution is 2.28. The number of thiophene rings is 1. The fourth-order valence-corrected chi connectivity index (χ4v) is 3.90. The summed E-state index contributed by atoms with van der Waals surface area (Å²) < 4.78 is 1.15. The highest BCUT2D eigenvalue weighted by atomic mass is 32.1. The standard InChI is InChI=1S/C16H21N5OS/c1-11(16(22)19-12-2-3-12)20-5-7-21(8-6-20)15-14-13(4-9-23-14)17-10-18-15/h4,9-12H,2-3,5-8H2,1H3,(H,19,22)/t11-/m0/s1. The van der Waals surface area contributed by atoms with Gasteiger partial charge in [-0.1, -0.05) is 0 Å². The topological polar surface area (TPSA) is 61.4 Å². The van der Waals surface area contributed by atoms with Crippen LogP contribution in [0.4, 0.5) is 5.82 Å². The predicted molar refractivity (Wildman–Crippen MR) is 91.8 cm³/mol. The first-order chi connectivity index (χ1) is 11.2. The van der Waals surface area contributed by atoms with E-state index in [2.05, 4.69) is 30.5 Å². The summed E-state index contributed by atoms with van der Waals surface area (Å²) in [4.78, 5) is 25.6. The van der Waals surface area contributed by atoms with E-state index >= 15 is 0 Å². The van der Waals surface area contributed by atoms with Crippen molar-refractivity contribution in [2.24, 2.45) is 0 Å². The van der Waals surface area contributed by atoms with Gasteiger partial charge in [0.2, 0.25) is 5.91 Å². The Morgan fingerprint density at radius 3 is 2.83 bits per heavy atom. The summed E-state index contributed by atoms with van der Waals surface area (Å²) >= 11 is 1.69. The quantitative estimate of drug-likeness (QED) is 0.919. The van der Waals surface area contributed by atoms with Crippen molar-refractivity contribution in [3.8, 4) is 0 Å². The predicted octanol–water partition coefficient (Wildman–Crippen LogP) is 1.48. The molecule has 0 spiro atoms. The van der Waals surface area contributed by atoms with Gasteiger partial charge in [-0.25, -0.2) is 9.97 Å². The normalized spacial score (nSPS) is 20.7. The number of fused-ring (bicyclic) bond motifs is 1. The first kappa shape index (κ1) is 14.8. The number of aromatic nitrogens is 2. The smallest absolute Gasteiger partial charge is 0.237 e. The Bertz CT molecular complexity index is 705. The Labute approximate surface area is 139 Å². The van der Waals surface area contributed by atoms with Crippen molar-refractivity contribution in [3.05, 3.63) is 17.8 Å². The molecule has 0 radical (unpaired) electrons. The van der Waals surface area contributed by atoms with E-state index < -0.39 is 0 Å². The largest absolute Gasteiger partial charge is 0.353 e. The Morgan fingerprint density at radius 1 is 1.30 bits per heavy atom. The molecule has 1 aliphatic carbocycles. The molecule has 6 nitrogen and oxygen atoms in total. The van der Waals surface area contributed by atoms with E-state index in [1.165, 1.54) is 0 Å². The van der Waals surface area contributed by atoms with Gasteiger partial charge in [-0.3, -0.25) is 9.69 Å². The highest BCUT2D eigenvalue weighted by Gasteiger charge is 2.30. The van der Waals surface area contributed by atoms with E-state index in [1.54, 1.807) is 17.7 Å². The van der Waals surface area contributed by atoms with Crippen LogP contribution in [-0.4, -0.2) is 59.0 Å². The fraction of sp³-hybridized carbons (Fsp3) is 0.562. The maximum Gasteiger partial charge on any atom is 0.237 e. The summed E-state index contributed by atoms with van der Waals surface area (Å²) in [7, 11) is 0. The first-order valence-electron chi connectivity index (χ1n) is 8.20. The maximum absolute atomic E-state index is 12.2. The average molecular weight is 331 g/mol. The number of carbonyl (C=O) groups excluding carboxylic acids is 1. The van der Waals surface area contributed by atoms with E-state index in [9.17, 15) is 4.79 Å². The second kappa shape index (κ2) is 6.05. The lowest BCUT2D eigenvalue weighted by molar-refractivity contribution is -0.126. The molecule has 0 unspecified atom stereocenters. The molecule has 3 heterocycles. The Hall–Kier alpha value is -1.73. The maximum atomic E-state index is 12.2. The summed E-state index contributed by atoms with van der Waals surface area (Å²) in [6.45, 7) is 5.57. The lowest BCUT2D eigenvalue weighted by Gasteiger charge is -2.38. The van der Waals surface area contributed by atoms with Gasteiger partial charge >= 0.3 is 0 Å². The van der Waals surface area contributed by atoms with Gasteiger partial charge < -0.3 is 10.2 Å². The van der Waals surface area contributed by atoms with Crippen LogP contribution in [0.3, 0.4) is 0 Å². The summed E-state index contributed by atoms with van der Waals surface area (Å²) in [6, 6.07) is 2.41. The monoisotopic (exact) mass is 331 g/mol. The number of piperazine rings is 1. The number of carbonyl (C=O) groups is 1. The van der Waals surface area contributed by atoms with Crippen LogP contribution in [0.1, 0.15) is 19.8 Å². The zero-order chi connectivity index (χ0) is 15.8. The number of rotatable bonds is 4. The molecule has 122 valence electrons. The molecule has 2 aliphatic rings. The number of nitrogens with one attached hydrogen (secondary N) is 1. The van der Waals surface area contributed by atoms with E-state index in [1.807, 2.05) is 13.0 Å². The Kier molecular flexibility index (Phi) is 3.90.